The zero-order chi connectivity index (χ0) is 15.7. The average molecular weight is 289 g/mol. The molecule has 0 aliphatic rings. The zero-order valence-corrected chi connectivity index (χ0v) is 12.5. The first-order valence-electron chi connectivity index (χ1n) is 6.91. The number of carboxylic acid groups (broad SMARTS) is 1. The first-order chi connectivity index (χ1) is 10.1. The van der Waals surface area contributed by atoms with Crippen molar-refractivity contribution >= 4 is 5.97 Å². The third-order valence-corrected chi connectivity index (χ3v) is 3.28. The van der Waals surface area contributed by atoms with Crippen molar-refractivity contribution < 1.29 is 14.6 Å². The quantitative estimate of drug-likeness (QED) is 0.673. The van der Waals surface area contributed by atoms with Crippen LogP contribution in [0, 0.1) is 0 Å². The van der Waals surface area contributed by atoms with Crippen LogP contribution in [-0.4, -0.2) is 42.2 Å². The summed E-state index contributed by atoms with van der Waals surface area (Å²) in [5, 5.41) is 9.13. The number of benzene rings is 1. The molecule has 1 aromatic rings. The smallest absolute Gasteiger partial charge is 0.304 e. The molecule has 1 N–H and O–H groups in total. The molecule has 114 valence electrons. The summed E-state index contributed by atoms with van der Waals surface area (Å²) in [6.45, 7) is 8.75. The molecular weight excluding hydrogens is 266 g/mol. The summed E-state index contributed by atoms with van der Waals surface area (Å²) in [5.74, 6) is -0.00536. The van der Waals surface area contributed by atoms with Crippen molar-refractivity contribution in [3.63, 3.8) is 0 Å². The second-order valence-electron chi connectivity index (χ2n) is 4.84. The molecule has 21 heavy (non-hydrogen) atoms. The summed E-state index contributed by atoms with van der Waals surface area (Å²) in [7, 11) is 1.62. The molecule has 1 unspecified atom stereocenters. The first-order valence-corrected chi connectivity index (χ1v) is 6.91. The highest BCUT2D eigenvalue weighted by atomic mass is 16.5. The Morgan fingerprint density at radius 3 is 2.29 bits per heavy atom. The van der Waals surface area contributed by atoms with Gasteiger partial charge in [-0.1, -0.05) is 24.3 Å². The van der Waals surface area contributed by atoms with E-state index in [9.17, 15) is 4.79 Å². The molecule has 1 aromatic carbocycles. The Morgan fingerprint density at radius 2 is 1.86 bits per heavy atom. The van der Waals surface area contributed by atoms with Crippen LogP contribution in [0.25, 0.3) is 0 Å². The van der Waals surface area contributed by atoms with Crippen LogP contribution >= 0.6 is 0 Å². The summed E-state index contributed by atoms with van der Waals surface area (Å²) < 4.78 is 5.13. The van der Waals surface area contributed by atoms with E-state index in [-0.39, 0.29) is 12.5 Å². The molecule has 0 aliphatic heterocycles. The van der Waals surface area contributed by atoms with Crippen LogP contribution in [0.5, 0.6) is 5.75 Å². The van der Waals surface area contributed by atoms with Crippen molar-refractivity contribution in [1.29, 1.82) is 0 Å². The lowest BCUT2D eigenvalue weighted by Gasteiger charge is -2.29. The normalized spacial score (nSPS) is 11.9. The Morgan fingerprint density at radius 1 is 1.29 bits per heavy atom. The zero-order valence-electron chi connectivity index (χ0n) is 12.5. The Kier molecular flexibility index (Phi) is 7.26. The van der Waals surface area contributed by atoms with Gasteiger partial charge in [-0.2, -0.15) is 0 Å². The van der Waals surface area contributed by atoms with E-state index in [0.29, 0.717) is 19.5 Å². The van der Waals surface area contributed by atoms with E-state index in [4.69, 9.17) is 9.84 Å². The molecule has 0 amide bonds. The lowest BCUT2D eigenvalue weighted by Crippen LogP contribution is -2.38. The molecule has 0 fully saturated rings. The van der Waals surface area contributed by atoms with Crippen LogP contribution in [0.15, 0.2) is 49.6 Å². The maximum absolute atomic E-state index is 11.1. The van der Waals surface area contributed by atoms with Crippen LogP contribution < -0.4 is 4.74 Å². The number of rotatable bonds is 10. The molecule has 0 radical (unpaired) electrons. The predicted molar refractivity (Wildman–Crippen MR) is 84.7 cm³/mol. The van der Waals surface area contributed by atoms with Gasteiger partial charge in [0.05, 0.1) is 13.5 Å². The van der Waals surface area contributed by atoms with E-state index < -0.39 is 5.97 Å². The minimum absolute atomic E-state index is 0.0908. The van der Waals surface area contributed by atoms with Crippen molar-refractivity contribution in [3.8, 4) is 5.75 Å². The lowest BCUT2D eigenvalue weighted by atomic mass is 10.0. The van der Waals surface area contributed by atoms with Crippen LogP contribution in [0.4, 0.5) is 0 Å². The van der Waals surface area contributed by atoms with Crippen LogP contribution in [0.1, 0.15) is 12.0 Å². The van der Waals surface area contributed by atoms with Gasteiger partial charge in [0.2, 0.25) is 0 Å². The maximum Gasteiger partial charge on any atom is 0.304 e. The SMILES string of the molecule is C=CCN(CC=C)C(CC(=O)O)Cc1ccc(OC)cc1. The molecule has 4 nitrogen and oxygen atoms in total. The summed E-state index contributed by atoms with van der Waals surface area (Å²) in [6, 6.07) is 7.62. The fourth-order valence-electron chi connectivity index (χ4n) is 2.27. The van der Waals surface area contributed by atoms with Crippen LogP contribution in [0.2, 0.25) is 0 Å². The van der Waals surface area contributed by atoms with Gasteiger partial charge in [0.15, 0.2) is 0 Å². The highest BCUT2D eigenvalue weighted by Gasteiger charge is 2.20. The summed E-state index contributed by atoms with van der Waals surface area (Å²) in [4.78, 5) is 13.2. The Hall–Kier alpha value is -2.07. The molecule has 0 aliphatic carbocycles. The van der Waals surface area contributed by atoms with Gasteiger partial charge in [-0.05, 0) is 24.1 Å². The average Bonchev–Trinajstić information content (AvgIpc) is 2.46. The number of hydrogen-bond donors (Lipinski definition) is 1. The molecule has 4 heteroatoms. The van der Waals surface area contributed by atoms with Gasteiger partial charge in [-0.3, -0.25) is 9.69 Å². The van der Waals surface area contributed by atoms with Gasteiger partial charge in [0, 0.05) is 19.1 Å². The van der Waals surface area contributed by atoms with E-state index >= 15 is 0 Å². The van der Waals surface area contributed by atoms with E-state index in [0.717, 1.165) is 11.3 Å². The number of methoxy groups -OCH3 is 1. The molecular formula is C17H23NO3. The lowest BCUT2D eigenvalue weighted by molar-refractivity contribution is -0.138. The summed E-state index contributed by atoms with van der Waals surface area (Å²) in [6.07, 6.45) is 4.32. The van der Waals surface area contributed by atoms with Crippen molar-refractivity contribution in [3.05, 3.63) is 55.1 Å². The summed E-state index contributed by atoms with van der Waals surface area (Å²) >= 11 is 0. The van der Waals surface area contributed by atoms with Crippen LogP contribution in [-0.2, 0) is 11.2 Å². The largest absolute Gasteiger partial charge is 0.497 e. The number of ether oxygens (including phenoxy) is 1. The molecule has 1 rings (SSSR count). The van der Waals surface area contributed by atoms with Crippen molar-refractivity contribution in [2.24, 2.45) is 0 Å². The fraction of sp³-hybridized carbons (Fsp3) is 0.353. The third-order valence-electron chi connectivity index (χ3n) is 3.28. The van der Waals surface area contributed by atoms with Crippen molar-refractivity contribution in [2.45, 2.75) is 18.9 Å². The molecule has 0 heterocycles. The number of hydrogen-bond acceptors (Lipinski definition) is 3. The van der Waals surface area contributed by atoms with E-state index in [1.807, 2.05) is 24.3 Å². The van der Waals surface area contributed by atoms with Crippen LogP contribution in [0.3, 0.4) is 0 Å². The van der Waals surface area contributed by atoms with E-state index in [1.165, 1.54) is 0 Å². The second kappa shape index (κ2) is 8.97. The minimum Gasteiger partial charge on any atom is -0.497 e. The number of carbonyl (C=O) groups is 1. The number of carboxylic acids is 1. The highest BCUT2D eigenvalue weighted by molar-refractivity contribution is 5.67. The summed E-state index contributed by atoms with van der Waals surface area (Å²) in [5.41, 5.74) is 1.08. The van der Waals surface area contributed by atoms with Gasteiger partial charge >= 0.3 is 5.97 Å². The van der Waals surface area contributed by atoms with Gasteiger partial charge in [-0.25, -0.2) is 0 Å². The molecule has 0 saturated carbocycles. The predicted octanol–water partition coefficient (Wildman–Crippen LogP) is 2.76. The molecule has 0 aromatic heterocycles. The van der Waals surface area contributed by atoms with Crippen molar-refractivity contribution in [2.75, 3.05) is 20.2 Å². The number of aliphatic carboxylic acids is 1. The Balaban J connectivity index is 2.86. The number of nitrogens with zero attached hydrogens (tertiary/aromatic N) is 1. The standard InChI is InChI=1S/C17H23NO3/c1-4-10-18(11-5-2)15(13-17(19)20)12-14-6-8-16(21-3)9-7-14/h4-9,15H,1-2,10-13H2,3H3,(H,19,20). The Bertz CT molecular complexity index is 457. The van der Waals surface area contributed by atoms with Gasteiger partial charge < -0.3 is 9.84 Å². The minimum atomic E-state index is -0.799. The van der Waals surface area contributed by atoms with E-state index in [2.05, 4.69) is 18.1 Å². The third kappa shape index (κ3) is 5.83. The monoisotopic (exact) mass is 289 g/mol. The topological polar surface area (TPSA) is 49.8 Å². The van der Waals surface area contributed by atoms with Gasteiger partial charge in [0.1, 0.15) is 5.75 Å². The molecule has 0 saturated heterocycles. The Labute approximate surface area is 126 Å². The fourth-order valence-corrected chi connectivity index (χ4v) is 2.27. The second-order valence-corrected chi connectivity index (χ2v) is 4.84. The first kappa shape index (κ1) is 17.0. The maximum atomic E-state index is 11.1. The molecule has 0 spiro atoms. The van der Waals surface area contributed by atoms with Crippen molar-refractivity contribution in [1.82, 2.24) is 4.90 Å². The molecule has 1 atom stereocenters. The highest BCUT2D eigenvalue weighted by Crippen LogP contribution is 2.16. The van der Waals surface area contributed by atoms with Gasteiger partial charge in [-0.15, -0.1) is 13.2 Å². The molecule has 0 bridgehead atoms. The van der Waals surface area contributed by atoms with Gasteiger partial charge in [0.25, 0.3) is 0 Å². The van der Waals surface area contributed by atoms with E-state index in [1.54, 1.807) is 19.3 Å².